The Morgan fingerprint density at radius 1 is 1.06 bits per heavy atom. The molecule has 0 aliphatic heterocycles. The van der Waals surface area contributed by atoms with E-state index in [1.807, 2.05) is 0 Å². The largest absolute Gasteiger partial charge is 0.382 e. The van der Waals surface area contributed by atoms with E-state index in [0.717, 1.165) is 16.3 Å². The van der Waals surface area contributed by atoms with Crippen molar-refractivity contribution in [1.29, 1.82) is 0 Å². The fraction of sp³-hybridized carbons (Fsp3) is 0.625. The van der Waals surface area contributed by atoms with Gasteiger partial charge in [0.25, 0.3) is 0 Å². The van der Waals surface area contributed by atoms with E-state index >= 15 is 0 Å². The van der Waals surface area contributed by atoms with Crippen molar-refractivity contribution in [2.45, 2.75) is 53.5 Å². The predicted octanol–water partition coefficient (Wildman–Crippen LogP) is 5.63. The number of hydrogen-bond donors (Lipinski definition) is 1. The Morgan fingerprint density at radius 3 is 2.11 bits per heavy atom. The zero-order valence-corrected chi connectivity index (χ0v) is 13.8. The molecule has 1 nitrogen and oxygen atoms in total. The topological polar surface area (TPSA) is 12.0 Å². The van der Waals surface area contributed by atoms with E-state index in [9.17, 15) is 0 Å². The maximum absolute atomic E-state index is 3.72. The number of rotatable bonds is 6. The van der Waals surface area contributed by atoms with E-state index in [1.165, 1.54) is 24.1 Å². The van der Waals surface area contributed by atoms with Crippen LogP contribution in [0.3, 0.4) is 0 Å². The van der Waals surface area contributed by atoms with Crippen LogP contribution in [0.25, 0.3) is 0 Å². The summed E-state index contributed by atoms with van der Waals surface area (Å²) >= 11 is 3.55. The van der Waals surface area contributed by atoms with Gasteiger partial charge in [0.05, 0.1) is 0 Å². The third-order valence-electron chi connectivity index (χ3n) is 3.07. The fourth-order valence-corrected chi connectivity index (χ4v) is 2.68. The van der Waals surface area contributed by atoms with Crippen LogP contribution in [0.1, 0.15) is 46.1 Å². The quantitative estimate of drug-likeness (QED) is 0.718. The van der Waals surface area contributed by atoms with Crippen LogP contribution in [0.5, 0.6) is 0 Å². The number of hydrogen-bond acceptors (Lipinski definition) is 1. The number of halogens is 1. The summed E-state index contributed by atoms with van der Waals surface area (Å²) in [5.74, 6) is 1.46. The summed E-state index contributed by atoms with van der Waals surface area (Å²) in [6.45, 7) is 11.3. The Morgan fingerprint density at radius 2 is 1.61 bits per heavy atom. The molecule has 0 bridgehead atoms. The molecule has 2 heteroatoms. The molecule has 0 atom stereocenters. The van der Waals surface area contributed by atoms with E-state index in [4.69, 9.17) is 0 Å². The molecule has 0 aliphatic rings. The molecule has 0 spiro atoms. The number of nitrogens with one attached hydrogen (secondary N) is 1. The molecule has 1 N–H and O–H groups in total. The molecule has 0 amide bonds. The zero-order chi connectivity index (χ0) is 13.7. The maximum atomic E-state index is 3.72. The average Bonchev–Trinajstić information content (AvgIpc) is 2.21. The van der Waals surface area contributed by atoms with Crippen molar-refractivity contribution >= 4 is 21.6 Å². The molecule has 1 aromatic rings. The Hall–Kier alpha value is -0.500. The van der Waals surface area contributed by atoms with Crippen molar-refractivity contribution in [3.8, 4) is 0 Å². The first-order valence-corrected chi connectivity index (χ1v) is 7.70. The van der Waals surface area contributed by atoms with Gasteiger partial charge in [-0.15, -0.1) is 0 Å². The standard InChI is InChI=1S/C16H26BrN/c1-11(2)8-15(9-12(3)4)18-16-10-14(17)7-6-13(16)5/h6-7,10-12,15,18H,8-9H2,1-5H3. The minimum absolute atomic E-state index is 0.568. The second-order valence-corrected chi connectivity index (χ2v) is 6.98. The lowest BCUT2D eigenvalue weighted by atomic mass is 9.95. The minimum Gasteiger partial charge on any atom is -0.382 e. The highest BCUT2D eigenvalue weighted by molar-refractivity contribution is 9.10. The third kappa shape index (κ3) is 5.43. The second-order valence-electron chi connectivity index (χ2n) is 6.06. The molecular formula is C16H26BrN. The summed E-state index contributed by atoms with van der Waals surface area (Å²) in [6, 6.07) is 7.01. The van der Waals surface area contributed by atoms with E-state index in [2.05, 4.69) is 74.1 Å². The average molecular weight is 312 g/mol. The van der Waals surface area contributed by atoms with Crippen LogP contribution in [0.15, 0.2) is 22.7 Å². The third-order valence-corrected chi connectivity index (χ3v) is 3.56. The van der Waals surface area contributed by atoms with Crippen LogP contribution in [0.2, 0.25) is 0 Å². The van der Waals surface area contributed by atoms with Crippen LogP contribution >= 0.6 is 15.9 Å². The van der Waals surface area contributed by atoms with Gasteiger partial charge in [-0.25, -0.2) is 0 Å². The maximum Gasteiger partial charge on any atom is 0.0383 e. The molecule has 18 heavy (non-hydrogen) atoms. The highest BCUT2D eigenvalue weighted by Gasteiger charge is 2.13. The summed E-state index contributed by atoms with van der Waals surface area (Å²) in [7, 11) is 0. The molecule has 0 fully saturated rings. The molecule has 1 rings (SSSR count). The van der Waals surface area contributed by atoms with Crippen molar-refractivity contribution in [2.75, 3.05) is 5.32 Å². The Labute approximate surface area is 120 Å². The molecule has 102 valence electrons. The van der Waals surface area contributed by atoms with Gasteiger partial charge in [-0.1, -0.05) is 49.7 Å². The molecule has 1 aromatic carbocycles. The lowest BCUT2D eigenvalue weighted by Gasteiger charge is -2.24. The summed E-state index contributed by atoms with van der Waals surface area (Å²) in [5, 5.41) is 3.72. The van der Waals surface area contributed by atoms with Crippen LogP contribution in [-0.4, -0.2) is 6.04 Å². The zero-order valence-electron chi connectivity index (χ0n) is 12.3. The molecular weight excluding hydrogens is 286 g/mol. The molecule has 0 radical (unpaired) electrons. The summed E-state index contributed by atoms with van der Waals surface area (Å²) in [5.41, 5.74) is 2.58. The van der Waals surface area contributed by atoms with Gasteiger partial charge in [0, 0.05) is 16.2 Å². The predicted molar refractivity (Wildman–Crippen MR) is 85.2 cm³/mol. The van der Waals surface area contributed by atoms with Gasteiger partial charge in [-0.05, 0) is 49.3 Å². The van der Waals surface area contributed by atoms with E-state index in [1.54, 1.807) is 0 Å². The van der Waals surface area contributed by atoms with Gasteiger partial charge in [-0.3, -0.25) is 0 Å². The van der Waals surface area contributed by atoms with Gasteiger partial charge in [-0.2, -0.15) is 0 Å². The lowest BCUT2D eigenvalue weighted by molar-refractivity contribution is 0.442. The number of benzene rings is 1. The summed E-state index contributed by atoms with van der Waals surface area (Å²) in [6.07, 6.45) is 2.45. The fourth-order valence-electron chi connectivity index (χ4n) is 2.32. The highest BCUT2D eigenvalue weighted by Crippen LogP contribution is 2.24. The Kier molecular flexibility index (Phi) is 6.20. The molecule has 0 aromatic heterocycles. The van der Waals surface area contributed by atoms with Crippen molar-refractivity contribution in [1.82, 2.24) is 0 Å². The van der Waals surface area contributed by atoms with Gasteiger partial charge >= 0.3 is 0 Å². The van der Waals surface area contributed by atoms with Gasteiger partial charge in [0.15, 0.2) is 0 Å². The highest BCUT2D eigenvalue weighted by atomic mass is 79.9. The monoisotopic (exact) mass is 311 g/mol. The summed E-state index contributed by atoms with van der Waals surface area (Å²) in [4.78, 5) is 0. The van der Waals surface area contributed by atoms with Crippen molar-refractivity contribution in [2.24, 2.45) is 11.8 Å². The van der Waals surface area contributed by atoms with Gasteiger partial charge in [0.1, 0.15) is 0 Å². The van der Waals surface area contributed by atoms with Gasteiger partial charge in [0.2, 0.25) is 0 Å². The molecule has 0 unspecified atom stereocenters. The second kappa shape index (κ2) is 7.18. The first-order chi connectivity index (χ1) is 8.38. The normalized spacial score (nSPS) is 11.6. The molecule has 0 saturated carbocycles. The summed E-state index contributed by atoms with van der Waals surface area (Å²) < 4.78 is 1.14. The molecule has 0 heterocycles. The number of anilines is 1. The molecule has 0 saturated heterocycles. The van der Waals surface area contributed by atoms with Crippen LogP contribution in [0.4, 0.5) is 5.69 Å². The van der Waals surface area contributed by atoms with E-state index in [0.29, 0.717) is 6.04 Å². The smallest absolute Gasteiger partial charge is 0.0383 e. The van der Waals surface area contributed by atoms with Crippen molar-refractivity contribution in [3.63, 3.8) is 0 Å². The van der Waals surface area contributed by atoms with Crippen LogP contribution < -0.4 is 5.32 Å². The Balaban J connectivity index is 2.77. The number of aryl methyl sites for hydroxylation is 1. The minimum atomic E-state index is 0.568. The van der Waals surface area contributed by atoms with E-state index in [-0.39, 0.29) is 0 Å². The first kappa shape index (κ1) is 15.6. The Bertz CT molecular complexity index is 361. The van der Waals surface area contributed by atoms with E-state index < -0.39 is 0 Å². The van der Waals surface area contributed by atoms with Gasteiger partial charge < -0.3 is 5.32 Å². The first-order valence-electron chi connectivity index (χ1n) is 6.91. The molecule has 0 aliphatic carbocycles. The van der Waals surface area contributed by atoms with Crippen molar-refractivity contribution < 1.29 is 0 Å². The SMILES string of the molecule is Cc1ccc(Br)cc1NC(CC(C)C)CC(C)C. The lowest BCUT2D eigenvalue weighted by Crippen LogP contribution is -2.24. The van der Waals surface area contributed by atoms with Crippen molar-refractivity contribution in [3.05, 3.63) is 28.2 Å². The van der Waals surface area contributed by atoms with Crippen LogP contribution in [-0.2, 0) is 0 Å². The van der Waals surface area contributed by atoms with Crippen LogP contribution in [0, 0.1) is 18.8 Å².